The van der Waals surface area contributed by atoms with Gasteiger partial charge < -0.3 is 5.73 Å². The molecule has 0 fully saturated rings. The third-order valence-electron chi connectivity index (χ3n) is 1.33. The molecule has 0 aliphatic heterocycles. The van der Waals surface area contributed by atoms with Gasteiger partial charge in [-0.25, -0.2) is 0 Å². The number of carbonyl (C=O) groups excluding carboxylic acids is 1. The van der Waals surface area contributed by atoms with Crippen LogP contribution in [-0.2, 0) is 11.8 Å². The third kappa shape index (κ3) is 1.86. The van der Waals surface area contributed by atoms with Crippen molar-refractivity contribution < 1.29 is 4.79 Å². The molecule has 2 N–H and O–H groups in total. The van der Waals surface area contributed by atoms with E-state index < -0.39 is 5.91 Å². The lowest BCUT2D eigenvalue weighted by Gasteiger charge is -1.79. The molecule has 4 nitrogen and oxygen atoms in total. The first-order valence-corrected chi connectivity index (χ1v) is 3.41. The summed E-state index contributed by atoms with van der Waals surface area (Å²) in [6.07, 6.45) is 1.74. The van der Waals surface area contributed by atoms with E-state index in [1.54, 1.807) is 17.9 Å². The molecule has 0 atom stereocenters. The average Bonchev–Trinajstić information content (AvgIpc) is 2.26. The van der Waals surface area contributed by atoms with Crippen LogP contribution in [0.4, 0.5) is 0 Å². The molecule has 1 aromatic rings. The minimum Gasteiger partial charge on any atom is -0.359 e. The van der Waals surface area contributed by atoms with Gasteiger partial charge in [-0.2, -0.15) is 5.10 Å². The van der Waals surface area contributed by atoms with Crippen LogP contribution in [0.15, 0.2) is 6.20 Å². The summed E-state index contributed by atoms with van der Waals surface area (Å²) in [6, 6.07) is 0. The lowest BCUT2D eigenvalue weighted by molar-refractivity contribution is -0.112. The molecule has 0 saturated carbocycles. The second-order valence-corrected chi connectivity index (χ2v) is 2.42. The van der Waals surface area contributed by atoms with Crippen LogP contribution in [0.1, 0.15) is 11.3 Å². The summed E-state index contributed by atoms with van der Waals surface area (Å²) < 4.78 is 1.64. The van der Waals surface area contributed by atoms with Crippen molar-refractivity contribution in [2.24, 2.45) is 12.8 Å². The lowest BCUT2D eigenvalue weighted by atomic mass is 10.3. The van der Waals surface area contributed by atoms with Crippen LogP contribution in [0.5, 0.6) is 0 Å². The zero-order valence-electron chi connectivity index (χ0n) is 6.96. The minimum absolute atomic E-state index is 0.627. The molecular formula is C8H9N3O. The standard InChI is InChI=1S/C8H9N3O/c1-6-7(3-4-8(9)12)5-11(2)10-6/h5H,1-2H3,(H2,9,12). The number of aromatic nitrogens is 2. The van der Waals surface area contributed by atoms with E-state index in [9.17, 15) is 4.79 Å². The highest BCUT2D eigenvalue weighted by Crippen LogP contribution is 2.00. The van der Waals surface area contributed by atoms with Crippen molar-refractivity contribution in [1.29, 1.82) is 0 Å². The second-order valence-electron chi connectivity index (χ2n) is 2.42. The van der Waals surface area contributed by atoms with E-state index >= 15 is 0 Å². The maximum absolute atomic E-state index is 10.3. The number of nitrogens with two attached hydrogens (primary N) is 1. The SMILES string of the molecule is Cc1nn(C)cc1C#CC(N)=O. The molecule has 4 heteroatoms. The molecule has 0 saturated heterocycles. The van der Waals surface area contributed by atoms with Gasteiger partial charge in [-0.05, 0) is 6.92 Å². The summed E-state index contributed by atoms with van der Waals surface area (Å²) in [5, 5.41) is 4.05. The highest BCUT2D eigenvalue weighted by molar-refractivity contribution is 5.92. The molecule has 12 heavy (non-hydrogen) atoms. The molecule has 0 unspecified atom stereocenters. The van der Waals surface area contributed by atoms with Gasteiger partial charge in [-0.15, -0.1) is 0 Å². The topological polar surface area (TPSA) is 60.9 Å². The van der Waals surface area contributed by atoms with Crippen LogP contribution in [0.2, 0.25) is 0 Å². The van der Waals surface area contributed by atoms with Gasteiger partial charge in [0.1, 0.15) is 0 Å². The van der Waals surface area contributed by atoms with Crippen LogP contribution >= 0.6 is 0 Å². The number of rotatable bonds is 0. The summed E-state index contributed by atoms with van der Waals surface area (Å²) >= 11 is 0. The van der Waals surface area contributed by atoms with Crippen LogP contribution < -0.4 is 5.73 Å². The summed E-state index contributed by atoms with van der Waals surface area (Å²) in [4.78, 5) is 10.3. The summed E-state index contributed by atoms with van der Waals surface area (Å²) in [5.74, 6) is 4.25. The minimum atomic E-state index is -0.627. The number of carbonyl (C=O) groups is 1. The Morgan fingerprint density at radius 3 is 2.83 bits per heavy atom. The van der Waals surface area contributed by atoms with Gasteiger partial charge in [-0.1, -0.05) is 5.92 Å². The molecular weight excluding hydrogens is 154 g/mol. The molecule has 0 spiro atoms. The fourth-order valence-corrected chi connectivity index (χ4v) is 0.851. The van der Waals surface area contributed by atoms with Crippen molar-refractivity contribution in [1.82, 2.24) is 9.78 Å². The van der Waals surface area contributed by atoms with E-state index in [0.717, 1.165) is 11.3 Å². The van der Waals surface area contributed by atoms with Gasteiger partial charge in [0, 0.05) is 19.2 Å². The van der Waals surface area contributed by atoms with Gasteiger partial charge in [0.15, 0.2) is 0 Å². The Morgan fingerprint density at radius 1 is 1.75 bits per heavy atom. The summed E-state index contributed by atoms with van der Waals surface area (Å²) in [6.45, 7) is 1.82. The predicted octanol–water partition coefficient (Wildman–Crippen LogP) is -0.435. The Bertz CT molecular complexity index is 367. The van der Waals surface area contributed by atoms with Crippen molar-refractivity contribution >= 4 is 5.91 Å². The Hall–Kier alpha value is -1.76. The number of hydrogen-bond acceptors (Lipinski definition) is 2. The Labute approximate surface area is 70.4 Å². The van der Waals surface area contributed by atoms with Crippen LogP contribution in [0.25, 0.3) is 0 Å². The zero-order valence-corrected chi connectivity index (χ0v) is 6.96. The van der Waals surface area contributed by atoms with Crippen molar-refractivity contribution in [2.75, 3.05) is 0 Å². The molecule has 1 amide bonds. The molecule has 0 aromatic carbocycles. The van der Waals surface area contributed by atoms with Crippen LogP contribution in [0, 0.1) is 18.8 Å². The van der Waals surface area contributed by atoms with E-state index in [0.29, 0.717) is 0 Å². The van der Waals surface area contributed by atoms with Gasteiger partial charge in [0.2, 0.25) is 0 Å². The zero-order chi connectivity index (χ0) is 9.14. The van der Waals surface area contributed by atoms with E-state index in [1.165, 1.54) is 0 Å². The maximum atomic E-state index is 10.3. The maximum Gasteiger partial charge on any atom is 0.293 e. The first-order valence-electron chi connectivity index (χ1n) is 3.41. The smallest absolute Gasteiger partial charge is 0.293 e. The number of amides is 1. The summed E-state index contributed by atoms with van der Waals surface area (Å²) in [5.41, 5.74) is 6.39. The Morgan fingerprint density at radius 2 is 2.42 bits per heavy atom. The highest BCUT2D eigenvalue weighted by Gasteiger charge is 1.97. The average molecular weight is 163 g/mol. The van der Waals surface area contributed by atoms with Crippen molar-refractivity contribution in [3.63, 3.8) is 0 Å². The van der Waals surface area contributed by atoms with E-state index in [4.69, 9.17) is 5.73 Å². The second kappa shape index (κ2) is 3.09. The van der Waals surface area contributed by atoms with Gasteiger partial charge in [0.25, 0.3) is 5.91 Å². The number of primary amides is 1. The highest BCUT2D eigenvalue weighted by atomic mass is 16.1. The monoisotopic (exact) mass is 163 g/mol. The predicted molar refractivity (Wildman–Crippen MR) is 44.0 cm³/mol. The third-order valence-corrected chi connectivity index (χ3v) is 1.33. The van der Waals surface area contributed by atoms with Crippen LogP contribution in [-0.4, -0.2) is 15.7 Å². The van der Waals surface area contributed by atoms with E-state index in [1.807, 2.05) is 6.92 Å². The normalized spacial score (nSPS) is 8.83. The van der Waals surface area contributed by atoms with Gasteiger partial charge in [0.05, 0.1) is 11.3 Å². The Balaban J connectivity index is 2.98. The van der Waals surface area contributed by atoms with Crippen molar-refractivity contribution in [3.8, 4) is 11.8 Å². The van der Waals surface area contributed by atoms with E-state index in [2.05, 4.69) is 16.9 Å². The van der Waals surface area contributed by atoms with Crippen LogP contribution in [0.3, 0.4) is 0 Å². The molecule has 1 heterocycles. The van der Waals surface area contributed by atoms with Gasteiger partial charge >= 0.3 is 0 Å². The number of aryl methyl sites for hydroxylation is 2. The van der Waals surface area contributed by atoms with Gasteiger partial charge in [-0.3, -0.25) is 9.48 Å². The van der Waals surface area contributed by atoms with Crippen molar-refractivity contribution in [2.45, 2.75) is 6.92 Å². The molecule has 62 valence electrons. The van der Waals surface area contributed by atoms with Crippen molar-refractivity contribution in [3.05, 3.63) is 17.5 Å². The molecule has 1 rings (SSSR count). The van der Waals surface area contributed by atoms with E-state index in [-0.39, 0.29) is 0 Å². The fraction of sp³-hybridized carbons (Fsp3) is 0.250. The number of nitrogens with zero attached hydrogens (tertiary/aromatic N) is 2. The first kappa shape index (κ1) is 8.34. The number of hydrogen-bond donors (Lipinski definition) is 1. The lowest BCUT2D eigenvalue weighted by Crippen LogP contribution is -2.06. The fourth-order valence-electron chi connectivity index (χ4n) is 0.851. The molecule has 0 radical (unpaired) electrons. The quantitative estimate of drug-likeness (QED) is 0.527. The summed E-state index contributed by atoms with van der Waals surface area (Å²) in [7, 11) is 1.79. The largest absolute Gasteiger partial charge is 0.359 e. The molecule has 1 aromatic heterocycles. The first-order chi connectivity index (χ1) is 5.59. The Kier molecular flexibility index (Phi) is 2.15. The molecule has 0 bridgehead atoms. The molecule has 0 aliphatic rings. The molecule has 0 aliphatic carbocycles.